The van der Waals surface area contributed by atoms with Crippen molar-refractivity contribution in [1.29, 1.82) is 5.41 Å². The van der Waals surface area contributed by atoms with Crippen LogP contribution in [0.5, 0.6) is 5.75 Å². The molecule has 1 atom stereocenters. The Kier molecular flexibility index (Phi) is 5.48. The van der Waals surface area contributed by atoms with Gasteiger partial charge in [-0.2, -0.15) is 0 Å². The zero-order valence-electron chi connectivity index (χ0n) is 19.3. The fourth-order valence-electron chi connectivity index (χ4n) is 4.94. The quantitative estimate of drug-likeness (QED) is 0.553. The molecule has 3 aromatic carbocycles. The van der Waals surface area contributed by atoms with Crippen molar-refractivity contribution in [3.05, 3.63) is 88.0 Å². The molecule has 31 heavy (non-hydrogen) atoms. The first-order valence-corrected chi connectivity index (χ1v) is 10.8. The van der Waals surface area contributed by atoms with E-state index in [-0.39, 0.29) is 0 Å². The van der Waals surface area contributed by atoms with Gasteiger partial charge in [-0.15, -0.1) is 0 Å². The molecule has 4 nitrogen and oxygen atoms in total. The molecule has 160 valence electrons. The number of nitrogens with one attached hydrogen (secondary N) is 1. The van der Waals surface area contributed by atoms with Crippen molar-refractivity contribution in [1.82, 2.24) is 0 Å². The van der Waals surface area contributed by atoms with E-state index in [9.17, 15) is 0 Å². The van der Waals surface area contributed by atoms with Gasteiger partial charge >= 0.3 is 0 Å². The molecule has 0 saturated carbocycles. The third kappa shape index (κ3) is 3.90. The minimum atomic E-state index is -0.435. The molecule has 0 aromatic heterocycles. The Morgan fingerprint density at radius 3 is 1.74 bits per heavy atom. The van der Waals surface area contributed by atoms with Gasteiger partial charge in [0.2, 0.25) is 0 Å². The van der Waals surface area contributed by atoms with Gasteiger partial charge in [-0.3, -0.25) is 10.3 Å². The summed E-state index contributed by atoms with van der Waals surface area (Å²) in [5, 5.41) is 8.95. The number of amidine groups is 1. The van der Waals surface area contributed by atoms with E-state index in [1.54, 1.807) is 0 Å². The van der Waals surface area contributed by atoms with E-state index >= 15 is 0 Å². The van der Waals surface area contributed by atoms with Gasteiger partial charge in [0.25, 0.3) is 6.35 Å². The summed E-state index contributed by atoms with van der Waals surface area (Å²) in [6.07, 6.45) is -0.435. The summed E-state index contributed by atoms with van der Waals surface area (Å²) in [5.74, 6) is 1.33. The maximum Gasteiger partial charge on any atom is 0.259 e. The van der Waals surface area contributed by atoms with Crippen molar-refractivity contribution in [3.63, 3.8) is 0 Å². The first-order chi connectivity index (χ1) is 14.8. The third-order valence-corrected chi connectivity index (χ3v) is 5.88. The number of hydrogen-bond acceptors (Lipinski definition) is 3. The molecule has 0 amide bonds. The number of nitrogens with zero attached hydrogens (tertiary/aromatic N) is 2. The summed E-state index contributed by atoms with van der Waals surface area (Å²) >= 11 is 0. The van der Waals surface area contributed by atoms with E-state index in [0.717, 1.165) is 28.3 Å². The molecule has 1 heterocycles. The highest BCUT2D eigenvalue weighted by molar-refractivity contribution is 6.04. The van der Waals surface area contributed by atoms with Gasteiger partial charge in [0.1, 0.15) is 11.6 Å². The highest BCUT2D eigenvalue weighted by Crippen LogP contribution is 2.37. The Hall–Kier alpha value is -3.27. The first kappa shape index (κ1) is 21.0. The highest BCUT2D eigenvalue weighted by atomic mass is 16.5. The highest BCUT2D eigenvalue weighted by Gasteiger charge is 2.40. The number of ether oxygens (including phenoxy) is 1. The molecule has 1 unspecified atom stereocenters. The van der Waals surface area contributed by atoms with Crippen molar-refractivity contribution in [2.24, 2.45) is 0 Å². The summed E-state index contributed by atoms with van der Waals surface area (Å²) in [6.45, 7) is 13.3. The summed E-state index contributed by atoms with van der Waals surface area (Å²) in [7, 11) is 0. The molecular weight excluding hydrogens is 382 g/mol. The molecule has 1 saturated heterocycles. The first-order valence-electron chi connectivity index (χ1n) is 10.8. The van der Waals surface area contributed by atoms with Gasteiger partial charge in [0.15, 0.2) is 0 Å². The molecule has 0 bridgehead atoms. The van der Waals surface area contributed by atoms with Crippen molar-refractivity contribution < 1.29 is 4.74 Å². The lowest BCUT2D eigenvalue weighted by molar-refractivity contribution is 0.218. The normalized spacial score (nSPS) is 16.2. The molecule has 3 aromatic rings. The average molecular weight is 414 g/mol. The minimum Gasteiger partial charge on any atom is -0.452 e. The molecule has 1 N–H and O–H groups in total. The predicted molar refractivity (Wildman–Crippen MR) is 130 cm³/mol. The van der Waals surface area contributed by atoms with E-state index in [1.165, 1.54) is 22.3 Å². The van der Waals surface area contributed by atoms with Crippen LogP contribution in [0.25, 0.3) is 0 Å². The fraction of sp³-hybridized carbons (Fsp3) is 0.296. The average Bonchev–Trinajstić information content (AvgIpc) is 2.97. The summed E-state index contributed by atoms with van der Waals surface area (Å²) in [4.78, 5) is 4.27. The van der Waals surface area contributed by atoms with Gasteiger partial charge in [-0.1, -0.05) is 53.6 Å². The van der Waals surface area contributed by atoms with E-state index in [0.29, 0.717) is 12.4 Å². The topological polar surface area (TPSA) is 39.6 Å². The van der Waals surface area contributed by atoms with Crippen LogP contribution in [0.15, 0.2) is 54.6 Å². The molecule has 1 fully saturated rings. The van der Waals surface area contributed by atoms with Crippen LogP contribution in [0.2, 0.25) is 0 Å². The van der Waals surface area contributed by atoms with Gasteiger partial charge in [-0.25, -0.2) is 0 Å². The number of aryl methyl sites for hydroxylation is 6. The van der Waals surface area contributed by atoms with Crippen LogP contribution in [-0.4, -0.2) is 18.7 Å². The van der Waals surface area contributed by atoms with Crippen LogP contribution in [0, 0.1) is 47.0 Å². The van der Waals surface area contributed by atoms with Crippen LogP contribution < -0.4 is 14.5 Å². The van der Waals surface area contributed by atoms with Crippen LogP contribution >= 0.6 is 0 Å². The van der Waals surface area contributed by atoms with Crippen molar-refractivity contribution in [2.45, 2.75) is 47.9 Å². The fourth-order valence-corrected chi connectivity index (χ4v) is 4.94. The Labute approximate surface area is 185 Å². The smallest absolute Gasteiger partial charge is 0.259 e. The van der Waals surface area contributed by atoms with Crippen LogP contribution in [-0.2, 0) is 0 Å². The second-order valence-corrected chi connectivity index (χ2v) is 8.70. The predicted octanol–water partition coefficient (Wildman–Crippen LogP) is 6.20. The SMILES string of the molecule is Cc1cc(C)c(N2CC(=N)N(c3c(C)cc(C)cc3C)C2Oc2ccccc2)c(C)c1. The van der Waals surface area contributed by atoms with Gasteiger partial charge in [0.05, 0.1) is 12.2 Å². The van der Waals surface area contributed by atoms with Crippen LogP contribution in [0.4, 0.5) is 11.4 Å². The van der Waals surface area contributed by atoms with Gasteiger partial charge < -0.3 is 9.64 Å². The van der Waals surface area contributed by atoms with E-state index in [4.69, 9.17) is 10.1 Å². The number of anilines is 2. The second kappa shape index (κ2) is 8.10. The zero-order valence-corrected chi connectivity index (χ0v) is 19.3. The maximum absolute atomic E-state index is 8.95. The lowest BCUT2D eigenvalue weighted by atomic mass is 10.0. The Morgan fingerprint density at radius 2 is 1.23 bits per heavy atom. The molecule has 1 aliphatic rings. The van der Waals surface area contributed by atoms with E-state index in [2.05, 4.69) is 75.6 Å². The Balaban J connectivity index is 1.86. The molecule has 0 radical (unpaired) electrons. The van der Waals surface area contributed by atoms with Crippen molar-refractivity contribution in [2.75, 3.05) is 16.3 Å². The zero-order chi connectivity index (χ0) is 22.3. The standard InChI is InChI=1S/C27H31N3O/c1-17-12-19(3)25(20(4)13-17)29-16-24(28)30(26-21(5)14-18(2)15-22(26)6)27(29)31-23-10-8-7-9-11-23/h7-15,27-28H,16H2,1-6H3. The Morgan fingerprint density at radius 1 is 0.742 bits per heavy atom. The number of hydrogen-bond donors (Lipinski definition) is 1. The van der Waals surface area contributed by atoms with Crippen LogP contribution in [0.3, 0.4) is 0 Å². The molecule has 4 heteroatoms. The van der Waals surface area contributed by atoms with E-state index in [1.807, 2.05) is 30.3 Å². The lowest BCUT2D eigenvalue weighted by Crippen LogP contribution is -2.45. The summed E-state index contributed by atoms with van der Waals surface area (Å²) in [6, 6.07) is 18.7. The molecule has 0 aliphatic carbocycles. The second-order valence-electron chi connectivity index (χ2n) is 8.70. The number of benzene rings is 3. The third-order valence-electron chi connectivity index (χ3n) is 5.88. The molecule has 4 rings (SSSR count). The summed E-state index contributed by atoms with van der Waals surface area (Å²) in [5.41, 5.74) is 9.38. The minimum absolute atomic E-state index is 0.435. The molecule has 1 aliphatic heterocycles. The van der Waals surface area contributed by atoms with Crippen molar-refractivity contribution in [3.8, 4) is 5.75 Å². The largest absolute Gasteiger partial charge is 0.452 e. The van der Waals surface area contributed by atoms with Crippen LogP contribution in [0.1, 0.15) is 33.4 Å². The number of para-hydroxylation sites is 1. The maximum atomic E-state index is 8.95. The van der Waals surface area contributed by atoms with E-state index < -0.39 is 6.35 Å². The monoisotopic (exact) mass is 413 g/mol. The molecule has 0 spiro atoms. The lowest BCUT2D eigenvalue weighted by Gasteiger charge is -2.34. The number of rotatable bonds is 4. The van der Waals surface area contributed by atoms with Gasteiger partial charge in [0, 0.05) is 5.69 Å². The van der Waals surface area contributed by atoms with Crippen molar-refractivity contribution >= 4 is 17.2 Å². The molecular formula is C27H31N3O. The van der Waals surface area contributed by atoms with Gasteiger partial charge in [-0.05, 0) is 75.9 Å². The Bertz CT molecular complexity index is 1090. The summed E-state index contributed by atoms with van der Waals surface area (Å²) < 4.78 is 6.57.